The Kier molecular flexibility index (Phi) is 27.0. The zero-order valence-corrected chi connectivity index (χ0v) is 24.1. The number of carbonyl (C=O) groups is 1. The average Bonchev–Trinajstić information content (AvgIpc) is 2.48. The summed E-state index contributed by atoms with van der Waals surface area (Å²) in [4.78, 5) is 10.2. The summed E-state index contributed by atoms with van der Waals surface area (Å²) in [5.74, 6) is 0.0718. The molecule has 0 aliphatic rings. The first-order valence-electron chi connectivity index (χ1n) is 5.65. The molecule has 2 aromatic carbocycles. The van der Waals surface area contributed by atoms with Crippen molar-refractivity contribution in [2.24, 2.45) is 0 Å². The first-order valence-corrected chi connectivity index (χ1v) is 9.73. The number of hydrogen-bond donors (Lipinski definition) is 0. The molecule has 0 radical (unpaired) electrons. The van der Waals surface area contributed by atoms with Gasteiger partial charge in [0.05, 0.1) is 10.1 Å². The van der Waals surface area contributed by atoms with Crippen LogP contribution in [0.2, 0.25) is 0 Å². The van der Waals surface area contributed by atoms with Gasteiger partial charge in [0.1, 0.15) is 6.29 Å². The van der Waals surface area contributed by atoms with Crippen molar-refractivity contribution in [2.45, 2.75) is 0 Å². The van der Waals surface area contributed by atoms with E-state index in [-0.39, 0.29) is 94.4 Å². The second kappa shape index (κ2) is 20.0. The first kappa shape index (κ1) is 35.1. The molecule has 1 atom stereocenters. The first-order chi connectivity index (χ1) is 10.7. The normalized spacial score (nSPS) is 9.81. The molecule has 0 fully saturated rings. The van der Waals surface area contributed by atoms with E-state index < -0.39 is 19.3 Å². The Morgan fingerprint density at radius 2 is 1.42 bits per heavy atom. The second-order valence-corrected chi connectivity index (χ2v) is 8.11. The van der Waals surface area contributed by atoms with Crippen LogP contribution in [-0.2, 0) is 19.3 Å². The Labute approximate surface area is 234 Å². The number of carbonyl (C=O) groups excluding carboxylic acids is 1. The summed E-state index contributed by atoms with van der Waals surface area (Å²) in [6, 6.07) is 15.8. The third-order valence-electron chi connectivity index (χ3n) is 1.89. The molecule has 126 valence electrons. The number of rotatable bonds is 2. The van der Waals surface area contributed by atoms with Gasteiger partial charge >= 0.3 is 88.7 Å². The van der Waals surface area contributed by atoms with Crippen LogP contribution in [0.25, 0.3) is 0 Å². The number of halogens is 1. The van der Waals surface area contributed by atoms with Crippen LogP contribution in [0.5, 0.6) is 5.75 Å². The van der Waals surface area contributed by atoms with Gasteiger partial charge in [-0.25, -0.2) is 8.42 Å². The van der Waals surface area contributed by atoms with Crippen LogP contribution in [0.15, 0.2) is 54.6 Å². The maximum Gasteiger partial charge on any atom is 1.00 e. The molecule has 0 aliphatic heterocycles. The number of para-hydroxylation sites is 1. The van der Waals surface area contributed by atoms with Crippen LogP contribution in [0.1, 0.15) is 10.4 Å². The smallest absolute Gasteiger partial charge is 0.872 e. The molecular weight excluding hydrogens is 528 g/mol. The van der Waals surface area contributed by atoms with Crippen molar-refractivity contribution < 1.29 is 120 Å². The summed E-state index contributed by atoms with van der Waals surface area (Å²) in [5.41, 5.74) is 0.738. The summed E-state index contributed by atoms with van der Waals surface area (Å²) in [6.07, 6.45) is 0.849. The molecule has 0 saturated heterocycles. The van der Waals surface area contributed by atoms with Crippen molar-refractivity contribution in [3.8, 4) is 5.75 Å². The summed E-state index contributed by atoms with van der Waals surface area (Å²) >= 11 is 2.17. The molecule has 0 N–H and O–H groups in total. The third kappa shape index (κ3) is 20.4. The molecule has 0 heterocycles. The predicted molar refractivity (Wildman–Crippen MR) is 89.1 cm³/mol. The molecule has 2 rings (SSSR count). The Balaban J connectivity index is -0.000000133. The molecule has 0 saturated carbocycles. The number of aldehydes is 1. The molecular formula is C13H10INa3O7S2. The van der Waals surface area contributed by atoms with Gasteiger partial charge in [0.2, 0.25) is 0 Å². The third-order valence-corrected chi connectivity index (χ3v) is 3.90. The SMILES string of the molecule is O=Cc1cccc(I)c1.O=S([O-])S(=O)(=O)[O-].[Na+].[Na+].[Na+].[O-]c1ccccc1. The predicted octanol–water partition coefficient (Wildman–Crippen LogP) is -7.80. The fourth-order valence-corrected chi connectivity index (χ4v) is 1.57. The summed E-state index contributed by atoms with van der Waals surface area (Å²) in [5, 5.41) is 10.3. The van der Waals surface area contributed by atoms with E-state index in [2.05, 4.69) is 22.6 Å². The van der Waals surface area contributed by atoms with Crippen molar-refractivity contribution >= 4 is 48.1 Å². The molecule has 0 spiro atoms. The molecule has 7 nitrogen and oxygen atoms in total. The van der Waals surface area contributed by atoms with Gasteiger partial charge < -0.3 is 14.2 Å². The van der Waals surface area contributed by atoms with Crippen molar-refractivity contribution in [2.75, 3.05) is 0 Å². The summed E-state index contributed by atoms with van der Waals surface area (Å²) in [7, 11) is -8.59. The molecule has 26 heavy (non-hydrogen) atoms. The minimum absolute atomic E-state index is 0. The zero-order chi connectivity index (χ0) is 17.9. The van der Waals surface area contributed by atoms with Crippen molar-refractivity contribution in [1.82, 2.24) is 0 Å². The molecule has 13 heteroatoms. The van der Waals surface area contributed by atoms with E-state index in [4.69, 9.17) is 21.7 Å². The number of benzene rings is 2. The van der Waals surface area contributed by atoms with Crippen LogP contribution in [0.4, 0.5) is 0 Å². The van der Waals surface area contributed by atoms with Gasteiger partial charge in [0.25, 0.3) is 0 Å². The second-order valence-electron chi connectivity index (χ2n) is 3.60. The van der Waals surface area contributed by atoms with Gasteiger partial charge in [-0.3, -0.25) is 9.00 Å². The zero-order valence-electron chi connectivity index (χ0n) is 14.3. The van der Waals surface area contributed by atoms with E-state index in [1.54, 1.807) is 18.2 Å². The van der Waals surface area contributed by atoms with Crippen LogP contribution in [0, 0.1) is 3.57 Å². The molecule has 2 aromatic rings. The topological polar surface area (TPSA) is 137 Å². The minimum Gasteiger partial charge on any atom is -0.872 e. The van der Waals surface area contributed by atoms with Gasteiger partial charge in [-0.2, -0.15) is 0 Å². The molecule has 0 bridgehead atoms. The maximum absolute atomic E-state index is 10.3. The molecule has 1 unspecified atom stereocenters. The van der Waals surface area contributed by atoms with E-state index in [1.807, 2.05) is 24.3 Å². The van der Waals surface area contributed by atoms with E-state index in [0.717, 1.165) is 15.4 Å². The molecule has 0 amide bonds. The molecule has 0 aromatic heterocycles. The average molecular weight is 538 g/mol. The molecule has 0 aliphatic carbocycles. The van der Waals surface area contributed by atoms with E-state index >= 15 is 0 Å². The van der Waals surface area contributed by atoms with Crippen LogP contribution in [0.3, 0.4) is 0 Å². The number of hydrogen-bond acceptors (Lipinski definition) is 7. The fraction of sp³-hybridized carbons (Fsp3) is 0. The van der Waals surface area contributed by atoms with Crippen LogP contribution < -0.4 is 93.8 Å². The van der Waals surface area contributed by atoms with Gasteiger partial charge in [0.15, 0.2) is 9.15 Å². The van der Waals surface area contributed by atoms with Crippen LogP contribution >= 0.6 is 22.6 Å². The van der Waals surface area contributed by atoms with Gasteiger partial charge in [-0.15, -0.1) is 5.75 Å². The standard InChI is InChI=1S/C7H5IO.C6H6O.3Na.H2O5S2/c8-7-3-1-2-6(4-7)5-9;7-6-4-2-1-3-5-6;;;;1-6(2)7(3,4)5/h1-5H;1-5,7H;;;;(H,1,2)(H,3,4,5)/q;;3*+1;/p-3. The van der Waals surface area contributed by atoms with Gasteiger partial charge in [0, 0.05) is 9.13 Å². The monoisotopic (exact) mass is 538 g/mol. The summed E-state index contributed by atoms with van der Waals surface area (Å²) < 4.78 is 46.8. The Morgan fingerprint density at radius 1 is 0.962 bits per heavy atom. The van der Waals surface area contributed by atoms with E-state index in [9.17, 15) is 9.90 Å². The van der Waals surface area contributed by atoms with E-state index in [1.165, 1.54) is 12.1 Å². The Bertz CT molecular complexity index is 746. The minimum atomic E-state index is -5.07. The largest absolute Gasteiger partial charge is 1.00 e. The van der Waals surface area contributed by atoms with Gasteiger partial charge in [-0.1, -0.05) is 42.5 Å². The fourth-order valence-electron chi connectivity index (χ4n) is 1.00. The Hall–Kier alpha value is 1.66. The quantitative estimate of drug-likeness (QED) is 0.0926. The van der Waals surface area contributed by atoms with Gasteiger partial charge in [-0.05, 0) is 34.7 Å². The van der Waals surface area contributed by atoms with Crippen LogP contribution in [-0.4, -0.2) is 28.0 Å². The summed E-state index contributed by atoms with van der Waals surface area (Å²) in [6.45, 7) is 0. The maximum atomic E-state index is 10.3. The van der Waals surface area contributed by atoms with Crippen molar-refractivity contribution in [3.63, 3.8) is 0 Å². The Morgan fingerprint density at radius 3 is 1.65 bits per heavy atom. The van der Waals surface area contributed by atoms with Crippen molar-refractivity contribution in [3.05, 3.63) is 63.7 Å². The van der Waals surface area contributed by atoms with Crippen molar-refractivity contribution in [1.29, 1.82) is 0 Å². The van der Waals surface area contributed by atoms with E-state index in [0.29, 0.717) is 0 Å².